The lowest BCUT2D eigenvalue weighted by molar-refractivity contribution is 0.329. The fourth-order valence-corrected chi connectivity index (χ4v) is 1.27. The van der Waals surface area contributed by atoms with Crippen LogP contribution in [0.2, 0.25) is 0 Å². The molecule has 1 rings (SSSR count). The number of nitrogens with zero attached hydrogens (tertiary/aromatic N) is 1. The van der Waals surface area contributed by atoms with Gasteiger partial charge in [-0.05, 0) is 29.7 Å². The largest absolute Gasteiger partial charge is 0.479 e. The van der Waals surface area contributed by atoms with Crippen LogP contribution in [0.1, 0.15) is 18.9 Å². The van der Waals surface area contributed by atoms with Gasteiger partial charge in [0.15, 0.2) is 6.61 Å². The zero-order valence-electron chi connectivity index (χ0n) is 9.31. The lowest BCUT2D eigenvalue weighted by Crippen LogP contribution is -1.93. The van der Waals surface area contributed by atoms with Crippen LogP contribution in [-0.4, -0.2) is 18.3 Å². The van der Waals surface area contributed by atoms with Gasteiger partial charge in [-0.15, -0.1) is 0 Å². The molecule has 0 radical (unpaired) electrons. The summed E-state index contributed by atoms with van der Waals surface area (Å²) < 4.78 is 5.14. The predicted octanol–water partition coefficient (Wildman–Crippen LogP) is 2.37. The number of ether oxygens (including phenoxy) is 1. The maximum Gasteiger partial charge on any atom is 0.174 e. The molecule has 0 saturated heterocycles. The zero-order chi connectivity index (χ0) is 11.8. The van der Waals surface area contributed by atoms with Gasteiger partial charge in [0.25, 0.3) is 0 Å². The SMILES string of the molecule is CCC(=Cc1ccc(OCC#N)cc1)CO. The number of rotatable bonds is 5. The monoisotopic (exact) mass is 217 g/mol. The first-order chi connectivity index (χ1) is 7.80. The third-order valence-electron chi connectivity index (χ3n) is 2.21. The topological polar surface area (TPSA) is 53.2 Å². The van der Waals surface area contributed by atoms with E-state index < -0.39 is 0 Å². The van der Waals surface area contributed by atoms with E-state index in [2.05, 4.69) is 0 Å². The summed E-state index contributed by atoms with van der Waals surface area (Å²) in [5.74, 6) is 0.681. The molecule has 84 valence electrons. The smallest absolute Gasteiger partial charge is 0.174 e. The highest BCUT2D eigenvalue weighted by molar-refractivity contribution is 5.54. The van der Waals surface area contributed by atoms with Crippen molar-refractivity contribution < 1.29 is 9.84 Å². The molecule has 0 unspecified atom stereocenters. The van der Waals surface area contributed by atoms with E-state index in [1.165, 1.54) is 0 Å². The molecule has 1 aromatic carbocycles. The fourth-order valence-electron chi connectivity index (χ4n) is 1.27. The summed E-state index contributed by atoms with van der Waals surface area (Å²) in [6.07, 6.45) is 2.79. The zero-order valence-corrected chi connectivity index (χ0v) is 9.31. The number of benzene rings is 1. The average Bonchev–Trinajstić information content (AvgIpc) is 2.35. The Hall–Kier alpha value is -1.79. The van der Waals surface area contributed by atoms with Gasteiger partial charge in [0.1, 0.15) is 11.8 Å². The second kappa shape index (κ2) is 6.65. The van der Waals surface area contributed by atoms with E-state index >= 15 is 0 Å². The first-order valence-electron chi connectivity index (χ1n) is 5.20. The van der Waals surface area contributed by atoms with E-state index in [1.807, 2.05) is 43.3 Å². The van der Waals surface area contributed by atoms with Crippen molar-refractivity contribution in [3.05, 3.63) is 35.4 Å². The van der Waals surface area contributed by atoms with Crippen LogP contribution in [0, 0.1) is 11.3 Å². The Morgan fingerprint density at radius 1 is 1.44 bits per heavy atom. The molecule has 16 heavy (non-hydrogen) atoms. The molecule has 0 aliphatic heterocycles. The summed E-state index contributed by atoms with van der Waals surface area (Å²) in [4.78, 5) is 0. The lowest BCUT2D eigenvalue weighted by atomic mass is 10.1. The van der Waals surface area contributed by atoms with Gasteiger partial charge >= 0.3 is 0 Å². The van der Waals surface area contributed by atoms with Crippen molar-refractivity contribution in [3.8, 4) is 11.8 Å². The maximum atomic E-state index is 9.03. The maximum absolute atomic E-state index is 9.03. The first kappa shape index (κ1) is 12.3. The molecular formula is C13H15NO2. The number of nitriles is 1. The van der Waals surface area contributed by atoms with Gasteiger partial charge in [-0.25, -0.2) is 0 Å². The minimum atomic E-state index is 0.0615. The molecule has 0 heterocycles. The molecule has 0 aliphatic carbocycles. The minimum absolute atomic E-state index is 0.0615. The lowest BCUT2D eigenvalue weighted by Gasteiger charge is -2.03. The van der Waals surface area contributed by atoms with Crippen molar-refractivity contribution in [2.24, 2.45) is 0 Å². The summed E-state index contributed by atoms with van der Waals surface area (Å²) in [6, 6.07) is 9.34. The third-order valence-corrected chi connectivity index (χ3v) is 2.21. The van der Waals surface area contributed by atoms with Crippen LogP contribution < -0.4 is 4.74 Å². The number of hydrogen-bond acceptors (Lipinski definition) is 3. The van der Waals surface area contributed by atoms with Gasteiger partial charge in [0.05, 0.1) is 6.61 Å². The van der Waals surface area contributed by atoms with Crippen molar-refractivity contribution in [1.82, 2.24) is 0 Å². The molecule has 0 atom stereocenters. The van der Waals surface area contributed by atoms with Crippen LogP contribution >= 0.6 is 0 Å². The molecule has 0 saturated carbocycles. The number of hydrogen-bond donors (Lipinski definition) is 1. The molecule has 0 aliphatic rings. The molecule has 3 nitrogen and oxygen atoms in total. The Labute approximate surface area is 95.6 Å². The van der Waals surface area contributed by atoms with Crippen molar-refractivity contribution in [1.29, 1.82) is 5.26 Å². The average molecular weight is 217 g/mol. The van der Waals surface area contributed by atoms with Crippen LogP contribution in [0.15, 0.2) is 29.8 Å². The first-order valence-corrected chi connectivity index (χ1v) is 5.20. The summed E-state index contributed by atoms with van der Waals surface area (Å²) in [5.41, 5.74) is 2.01. The van der Waals surface area contributed by atoms with Gasteiger partial charge in [-0.3, -0.25) is 0 Å². The van der Waals surface area contributed by atoms with Gasteiger partial charge in [0, 0.05) is 0 Å². The van der Waals surface area contributed by atoms with Gasteiger partial charge in [-0.2, -0.15) is 5.26 Å². The molecular weight excluding hydrogens is 202 g/mol. The summed E-state index contributed by atoms with van der Waals surface area (Å²) in [5, 5.41) is 17.4. The second-order valence-corrected chi connectivity index (χ2v) is 3.33. The molecule has 0 spiro atoms. The van der Waals surface area contributed by atoms with Crippen LogP contribution in [0.3, 0.4) is 0 Å². The Bertz CT molecular complexity index is 381. The summed E-state index contributed by atoms with van der Waals surface area (Å²) in [6.45, 7) is 2.15. The van der Waals surface area contributed by atoms with Crippen LogP contribution in [0.5, 0.6) is 5.75 Å². The summed E-state index contributed by atoms with van der Waals surface area (Å²) >= 11 is 0. The highest BCUT2D eigenvalue weighted by Crippen LogP contribution is 2.15. The Balaban J connectivity index is 2.71. The Morgan fingerprint density at radius 2 is 2.12 bits per heavy atom. The minimum Gasteiger partial charge on any atom is -0.479 e. The van der Waals surface area contributed by atoms with E-state index in [4.69, 9.17) is 15.1 Å². The molecule has 0 amide bonds. The van der Waals surface area contributed by atoms with E-state index in [-0.39, 0.29) is 13.2 Å². The predicted molar refractivity (Wildman–Crippen MR) is 62.9 cm³/mol. The van der Waals surface area contributed by atoms with Crippen LogP contribution in [0.25, 0.3) is 6.08 Å². The van der Waals surface area contributed by atoms with Crippen molar-refractivity contribution in [2.45, 2.75) is 13.3 Å². The standard InChI is InChI=1S/C13H15NO2/c1-2-11(10-15)9-12-3-5-13(6-4-12)16-8-7-14/h3-6,9,15H,2,8,10H2,1H3. The van der Waals surface area contributed by atoms with Gasteiger partial charge in [0.2, 0.25) is 0 Å². The highest BCUT2D eigenvalue weighted by Gasteiger charge is 1.95. The van der Waals surface area contributed by atoms with Crippen molar-refractivity contribution >= 4 is 6.08 Å². The van der Waals surface area contributed by atoms with Crippen molar-refractivity contribution in [3.63, 3.8) is 0 Å². The molecule has 0 fully saturated rings. The van der Waals surface area contributed by atoms with E-state index in [9.17, 15) is 0 Å². The molecule has 3 heteroatoms. The molecule has 1 N–H and O–H groups in total. The number of aliphatic hydroxyl groups is 1. The quantitative estimate of drug-likeness (QED) is 0.823. The van der Waals surface area contributed by atoms with Gasteiger partial charge < -0.3 is 9.84 Å². The van der Waals surface area contributed by atoms with Crippen LogP contribution in [-0.2, 0) is 0 Å². The normalized spacial score (nSPS) is 10.9. The molecule has 0 bridgehead atoms. The van der Waals surface area contributed by atoms with Crippen LogP contribution in [0.4, 0.5) is 0 Å². The van der Waals surface area contributed by atoms with Crippen molar-refractivity contribution in [2.75, 3.05) is 13.2 Å². The van der Waals surface area contributed by atoms with Gasteiger partial charge in [-0.1, -0.05) is 25.1 Å². The highest BCUT2D eigenvalue weighted by atomic mass is 16.5. The Kier molecular flexibility index (Phi) is 5.10. The second-order valence-electron chi connectivity index (χ2n) is 3.33. The van der Waals surface area contributed by atoms with E-state index in [0.717, 1.165) is 17.6 Å². The Morgan fingerprint density at radius 3 is 2.62 bits per heavy atom. The fraction of sp³-hybridized carbons (Fsp3) is 0.308. The van der Waals surface area contributed by atoms with E-state index in [0.29, 0.717) is 5.75 Å². The molecule has 0 aromatic heterocycles. The third kappa shape index (κ3) is 3.76. The van der Waals surface area contributed by atoms with E-state index in [1.54, 1.807) is 0 Å². The summed E-state index contributed by atoms with van der Waals surface area (Å²) in [7, 11) is 0. The molecule has 1 aromatic rings. The number of aliphatic hydroxyl groups excluding tert-OH is 1.